The van der Waals surface area contributed by atoms with Gasteiger partial charge >= 0.3 is 0 Å². The molecule has 0 bridgehead atoms. The summed E-state index contributed by atoms with van der Waals surface area (Å²) in [6.07, 6.45) is 1.05. The van der Waals surface area contributed by atoms with Gasteiger partial charge in [-0.15, -0.1) is 0 Å². The quantitative estimate of drug-likeness (QED) is 0.628. The third-order valence-electron chi connectivity index (χ3n) is 3.31. The van der Waals surface area contributed by atoms with Crippen LogP contribution in [0.15, 0.2) is 24.3 Å². The standard InChI is InChI=1S/C16H28N2O2/c1-17-13-15-7-4-5-8-16(15)14-18(10-12-20-3)9-6-11-19-2/h4-5,7-8,17H,6,9-14H2,1-3H3. The van der Waals surface area contributed by atoms with E-state index < -0.39 is 0 Å². The summed E-state index contributed by atoms with van der Waals surface area (Å²) in [4.78, 5) is 2.43. The Morgan fingerprint density at radius 3 is 2.35 bits per heavy atom. The van der Waals surface area contributed by atoms with Crippen molar-refractivity contribution in [1.82, 2.24) is 10.2 Å². The van der Waals surface area contributed by atoms with Crippen molar-refractivity contribution in [3.8, 4) is 0 Å². The maximum Gasteiger partial charge on any atom is 0.0589 e. The first-order valence-electron chi connectivity index (χ1n) is 7.23. The number of hydrogen-bond donors (Lipinski definition) is 1. The first kappa shape index (κ1) is 17.1. The van der Waals surface area contributed by atoms with Crippen molar-refractivity contribution < 1.29 is 9.47 Å². The number of rotatable bonds is 11. The van der Waals surface area contributed by atoms with Gasteiger partial charge in [0.05, 0.1) is 6.61 Å². The summed E-state index contributed by atoms with van der Waals surface area (Å²) >= 11 is 0. The van der Waals surface area contributed by atoms with Crippen LogP contribution in [0.3, 0.4) is 0 Å². The first-order valence-corrected chi connectivity index (χ1v) is 7.23. The molecule has 0 fully saturated rings. The van der Waals surface area contributed by atoms with E-state index in [0.717, 1.165) is 45.8 Å². The van der Waals surface area contributed by atoms with Crippen LogP contribution in [0.5, 0.6) is 0 Å². The molecule has 0 aliphatic heterocycles. The normalized spacial score (nSPS) is 11.2. The zero-order valence-electron chi connectivity index (χ0n) is 13.0. The molecule has 0 atom stereocenters. The van der Waals surface area contributed by atoms with Gasteiger partial charge in [0.15, 0.2) is 0 Å². The molecule has 4 heteroatoms. The van der Waals surface area contributed by atoms with Gasteiger partial charge < -0.3 is 14.8 Å². The predicted octanol–water partition coefficient (Wildman–Crippen LogP) is 1.89. The Hall–Kier alpha value is -0.940. The molecule has 1 aromatic carbocycles. The van der Waals surface area contributed by atoms with Crippen molar-refractivity contribution in [3.05, 3.63) is 35.4 Å². The third kappa shape index (κ3) is 6.48. The van der Waals surface area contributed by atoms with Crippen LogP contribution in [0.4, 0.5) is 0 Å². The fourth-order valence-electron chi connectivity index (χ4n) is 2.24. The summed E-state index contributed by atoms with van der Waals surface area (Å²) in [5.41, 5.74) is 2.75. The Balaban J connectivity index is 2.62. The molecule has 0 heterocycles. The lowest BCUT2D eigenvalue weighted by Gasteiger charge is -2.23. The Bertz CT molecular complexity index is 358. The third-order valence-corrected chi connectivity index (χ3v) is 3.31. The zero-order valence-corrected chi connectivity index (χ0v) is 13.0. The monoisotopic (exact) mass is 280 g/mol. The van der Waals surface area contributed by atoms with Crippen LogP contribution in [0.1, 0.15) is 17.5 Å². The van der Waals surface area contributed by atoms with E-state index >= 15 is 0 Å². The Kier molecular flexibility index (Phi) is 9.24. The molecule has 0 saturated carbocycles. The van der Waals surface area contributed by atoms with Crippen LogP contribution in [-0.4, -0.2) is 52.5 Å². The van der Waals surface area contributed by atoms with Crippen molar-refractivity contribution in [3.63, 3.8) is 0 Å². The van der Waals surface area contributed by atoms with Gasteiger partial charge in [0.1, 0.15) is 0 Å². The van der Waals surface area contributed by atoms with E-state index in [0.29, 0.717) is 0 Å². The molecule has 0 aromatic heterocycles. The van der Waals surface area contributed by atoms with Crippen LogP contribution in [0, 0.1) is 0 Å². The lowest BCUT2D eigenvalue weighted by atomic mass is 10.1. The van der Waals surface area contributed by atoms with Gasteiger partial charge in [-0.1, -0.05) is 24.3 Å². The lowest BCUT2D eigenvalue weighted by molar-refractivity contribution is 0.129. The molecule has 0 aliphatic carbocycles. The summed E-state index contributed by atoms with van der Waals surface area (Å²) in [5.74, 6) is 0. The highest BCUT2D eigenvalue weighted by molar-refractivity contribution is 5.26. The number of nitrogens with one attached hydrogen (secondary N) is 1. The van der Waals surface area contributed by atoms with Crippen molar-refractivity contribution >= 4 is 0 Å². The number of benzene rings is 1. The van der Waals surface area contributed by atoms with Crippen molar-refractivity contribution in [2.24, 2.45) is 0 Å². The van der Waals surface area contributed by atoms with Gasteiger partial charge in [0.25, 0.3) is 0 Å². The Morgan fingerprint density at radius 1 is 1.00 bits per heavy atom. The van der Waals surface area contributed by atoms with Crippen molar-refractivity contribution in [2.45, 2.75) is 19.5 Å². The van der Waals surface area contributed by atoms with Gasteiger partial charge in [0, 0.05) is 47.0 Å². The molecule has 1 aromatic rings. The van der Waals surface area contributed by atoms with Gasteiger partial charge in [0.2, 0.25) is 0 Å². The highest BCUT2D eigenvalue weighted by Gasteiger charge is 2.08. The summed E-state index contributed by atoms with van der Waals surface area (Å²) in [6, 6.07) is 8.61. The van der Waals surface area contributed by atoms with Gasteiger partial charge in [-0.2, -0.15) is 0 Å². The van der Waals surface area contributed by atoms with E-state index in [-0.39, 0.29) is 0 Å². The van der Waals surface area contributed by atoms with E-state index in [2.05, 4.69) is 34.5 Å². The van der Waals surface area contributed by atoms with Crippen LogP contribution >= 0.6 is 0 Å². The maximum absolute atomic E-state index is 5.21. The fraction of sp³-hybridized carbons (Fsp3) is 0.625. The van der Waals surface area contributed by atoms with E-state index in [4.69, 9.17) is 9.47 Å². The molecular weight excluding hydrogens is 252 g/mol. The summed E-state index contributed by atoms with van der Waals surface area (Å²) in [7, 11) is 5.49. The average Bonchev–Trinajstić information content (AvgIpc) is 2.47. The van der Waals surface area contributed by atoms with E-state index in [1.807, 2.05) is 7.05 Å². The van der Waals surface area contributed by atoms with Crippen molar-refractivity contribution in [2.75, 3.05) is 47.6 Å². The smallest absolute Gasteiger partial charge is 0.0589 e. The van der Waals surface area contributed by atoms with E-state index in [1.165, 1.54) is 11.1 Å². The second-order valence-corrected chi connectivity index (χ2v) is 4.91. The van der Waals surface area contributed by atoms with Crippen LogP contribution in [0.2, 0.25) is 0 Å². The molecule has 114 valence electrons. The van der Waals surface area contributed by atoms with Crippen LogP contribution < -0.4 is 5.32 Å². The molecular formula is C16H28N2O2. The molecule has 0 spiro atoms. The van der Waals surface area contributed by atoms with Crippen LogP contribution in [-0.2, 0) is 22.6 Å². The molecule has 0 radical (unpaired) electrons. The molecule has 0 aliphatic rings. The average molecular weight is 280 g/mol. The van der Waals surface area contributed by atoms with E-state index in [9.17, 15) is 0 Å². The fourth-order valence-corrected chi connectivity index (χ4v) is 2.24. The largest absolute Gasteiger partial charge is 0.385 e. The highest BCUT2D eigenvalue weighted by atomic mass is 16.5. The molecule has 0 saturated heterocycles. The molecule has 4 nitrogen and oxygen atoms in total. The minimum Gasteiger partial charge on any atom is -0.385 e. The van der Waals surface area contributed by atoms with Crippen LogP contribution in [0.25, 0.3) is 0 Å². The zero-order chi connectivity index (χ0) is 14.6. The summed E-state index contributed by atoms with van der Waals surface area (Å²) in [5, 5.41) is 3.23. The number of methoxy groups -OCH3 is 2. The van der Waals surface area contributed by atoms with Gasteiger partial charge in [-0.25, -0.2) is 0 Å². The number of nitrogens with zero attached hydrogens (tertiary/aromatic N) is 1. The summed E-state index contributed by atoms with van der Waals surface area (Å²) in [6.45, 7) is 5.43. The van der Waals surface area contributed by atoms with Gasteiger partial charge in [-0.3, -0.25) is 4.90 Å². The topological polar surface area (TPSA) is 33.7 Å². The maximum atomic E-state index is 5.21. The molecule has 1 N–H and O–H groups in total. The molecule has 0 unspecified atom stereocenters. The Labute approximate surface area is 123 Å². The SMILES string of the molecule is CNCc1ccccc1CN(CCCOC)CCOC. The lowest BCUT2D eigenvalue weighted by Crippen LogP contribution is -2.29. The predicted molar refractivity (Wildman–Crippen MR) is 82.9 cm³/mol. The number of ether oxygens (including phenoxy) is 2. The second-order valence-electron chi connectivity index (χ2n) is 4.91. The minimum absolute atomic E-state index is 0.765. The van der Waals surface area contributed by atoms with Gasteiger partial charge in [-0.05, 0) is 24.6 Å². The minimum atomic E-state index is 0.765. The second kappa shape index (κ2) is 10.8. The first-order chi connectivity index (χ1) is 9.81. The van der Waals surface area contributed by atoms with E-state index in [1.54, 1.807) is 14.2 Å². The molecule has 1 rings (SSSR count). The molecule has 20 heavy (non-hydrogen) atoms. The highest BCUT2D eigenvalue weighted by Crippen LogP contribution is 2.12. The Morgan fingerprint density at radius 2 is 1.70 bits per heavy atom. The molecule has 0 amide bonds. The summed E-state index contributed by atoms with van der Waals surface area (Å²) < 4.78 is 10.4. The number of hydrogen-bond acceptors (Lipinski definition) is 4. The van der Waals surface area contributed by atoms with Crippen molar-refractivity contribution in [1.29, 1.82) is 0 Å².